The normalized spacial score (nSPS) is 16.7. The Morgan fingerprint density at radius 1 is 1.37 bits per heavy atom. The number of halogens is 3. The van der Waals surface area contributed by atoms with E-state index in [1.165, 1.54) is 16.0 Å². The van der Waals surface area contributed by atoms with Gasteiger partial charge in [0.1, 0.15) is 0 Å². The Hall–Kier alpha value is -2.65. The fourth-order valence-electron chi connectivity index (χ4n) is 2.96. The van der Waals surface area contributed by atoms with Gasteiger partial charge in [-0.25, -0.2) is 9.99 Å². The van der Waals surface area contributed by atoms with Crippen LogP contribution in [0.2, 0.25) is 0 Å². The minimum Gasteiger partial charge on any atom is -0.339 e. The Balaban J connectivity index is 2.21. The van der Waals surface area contributed by atoms with Gasteiger partial charge in [0.05, 0.1) is 11.6 Å². The highest BCUT2D eigenvalue weighted by Crippen LogP contribution is 2.34. The van der Waals surface area contributed by atoms with Gasteiger partial charge < -0.3 is 4.90 Å². The number of hydrogen-bond acceptors (Lipinski definition) is 5. The van der Waals surface area contributed by atoms with E-state index in [1.807, 2.05) is 0 Å². The van der Waals surface area contributed by atoms with Gasteiger partial charge >= 0.3 is 6.18 Å². The third-order valence-corrected chi connectivity index (χ3v) is 4.63. The van der Waals surface area contributed by atoms with Crippen LogP contribution in [0.1, 0.15) is 32.4 Å². The van der Waals surface area contributed by atoms with Crippen molar-refractivity contribution in [2.24, 2.45) is 11.0 Å². The second kappa shape index (κ2) is 7.93. The number of rotatable bonds is 4. The van der Waals surface area contributed by atoms with Crippen molar-refractivity contribution in [3.63, 3.8) is 0 Å². The zero-order chi connectivity index (χ0) is 20.4. The first kappa shape index (κ1) is 20.7. The Bertz CT molecular complexity index is 808. The topological polar surface area (TPSA) is 81.7 Å². The molecule has 1 aromatic heterocycles. The number of likely N-dealkylation sites (tertiary alicyclic amines) is 1. The molecule has 27 heavy (non-hydrogen) atoms. The molecule has 0 unspecified atom stereocenters. The van der Waals surface area contributed by atoms with Crippen LogP contribution >= 0.6 is 0 Å². The lowest BCUT2D eigenvalue weighted by molar-refractivity contribution is -0.186. The summed E-state index contributed by atoms with van der Waals surface area (Å²) in [5, 5.41) is 5.03. The van der Waals surface area contributed by atoms with Gasteiger partial charge in [0.25, 0.3) is 11.5 Å². The lowest BCUT2D eigenvalue weighted by Gasteiger charge is -2.33. The molecule has 1 N–H and O–H groups in total. The molecular formula is C17H22F3N5O2. The lowest BCUT2D eigenvalue weighted by Crippen LogP contribution is -2.42. The van der Waals surface area contributed by atoms with Crippen LogP contribution in [0.15, 0.2) is 27.2 Å². The van der Waals surface area contributed by atoms with Crippen LogP contribution in [0.25, 0.3) is 0 Å². The molecule has 1 amide bonds. The molecule has 0 aliphatic carbocycles. The fraction of sp³-hybridized carbons (Fsp3) is 0.529. The number of aromatic nitrogens is 2. The number of hydrogen-bond donors (Lipinski definition) is 1. The Morgan fingerprint density at radius 3 is 2.44 bits per heavy atom. The highest BCUT2D eigenvalue weighted by atomic mass is 19.4. The quantitative estimate of drug-likeness (QED) is 0.491. The van der Waals surface area contributed by atoms with E-state index in [2.05, 4.69) is 21.8 Å². The summed E-state index contributed by atoms with van der Waals surface area (Å²) in [5.74, 6) is -1.65. The van der Waals surface area contributed by atoms with E-state index in [9.17, 15) is 22.8 Å². The Kier molecular flexibility index (Phi) is 6.07. The van der Waals surface area contributed by atoms with Gasteiger partial charge in [0.15, 0.2) is 0 Å². The predicted molar refractivity (Wildman–Crippen MR) is 95.4 cm³/mol. The molecule has 148 valence electrons. The number of allylic oxidation sites excluding steroid dienone is 1. The molecule has 1 aliphatic heterocycles. The molecule has 1 saturated heterocycles. The molecule has 1 aromatic rings. The summed E-state index contributed by atoms with van der Waals surface area (Å²) >= 11 is 0. The van der Waals surface area contributed by atoms with E-state index in [4.69, 9.17) is 0 Å². The largest absolute Gasteiger partial charge is 0.391 e. The number of nitrogens with one attached hydrogen (secondary N) is 1. The fourth-order valence-corrected chi connectivity index (χ4v) is 2.96. The standard InChI is InChI=1S/C17H22F3N5O2/c1-10-9-14(26)23-16(22-10)25(21-4)12(3)11(2)15(27)24-7-5-13(6-8-24)17(18,19)20/h9,13H,4-8H2,1-3H3,(H,22,23,26)/b12-11+. The van der Waals surface area contributed by atoms with Crippen molar-refractivity contribution in [1.82, 2.24) is 14.9 Å². The molecule has 0 bridgehead atoms. The summed E-state index contributed by atoms with van der Waals surface area (Å²) in [4.78, 5) is 32.4. The Labute approximate surface area is 154 Å². The maximum atomic E-state index is 12.8. The van der Waals surface area contributed by atoms with Crippen molar-refractivity contribution in [2.45, 2.75) is 39.8 Å². The van der Waals surface area contributed by atoms with Gasteiger partial charge in [-0.15, -0.1) is 0 Å². The maximum absolute atomic E-state index is 12.8. The summed E-state index contributed by atoms with van der Waals surface area (Å²) in [6.07, 6.45) is -4.46. The average molecular weight is 385 g/mol. The SMILES string of the molecule is C=NN(/C(C)=C(\C)C(=O)N1CCC(C(F)(F)F)CC1)c1nc(C)cc(=O)[nH]1. The highest BCUT2D eigenvalue weighted by Gasteiger charge is 2.41. The number of nitrogens with zero attached hydrogens (tertiary/aromatic N) is 4. The van der Waals surface area contributed by atoms with Crippen molar-refractivity contribution < 1.29 is 18.0 Å². The second-order valence-corrected chi connectivity index (χ2v) is 6.48. The predicted octanol–water partition coefficient (Wildman–Crippen LogP) is 2.60. The molecule has 0 radical (unpaired) electrons. The van der Waals surface area contributed by atoms with E-state index in [1.54, 1.807) is 20.8 Å². The molecule has 1 fully saturated rings. The number of hydrazone groups is 1. The molecule has 10 heteroatoms. The number of alkyl halides is 3. The van der Waals surface area contributed by atoms with Crippen LogP contribution in [-0.4, -0.2) is 46.8 Å². The van der Waals surface area contributed by atoms with Crippen LogP contribution in [0.3, 0.4) is 0 Å². The lowest BCUT2D eigenvalue weighted by atomic mass is 9.96. The van der Waals surface area contributed by atoms with Crippen LogP contribution in [-0.2, 0) is 4.79 Å². The van der Waals surface area contributed by atoms with Crippen molar-refractivity contribution in [3.05, 3.63) is 33.4 Å². The number of amides is 1. The number of carbonyl (C=O) groups excluding carboxylic acids is 1. The molecule has 0 aromatic carbocycles. The number of H-pyrrole nitrogens is 1. The first-order valence-corrected chi connectivity index (χ1v) is 8.42. The minimum atomic E-state index is -4.23. The van der Waals surface area contributed by atoms with E-state index >= 15 is 0 Å². The smallest absolute Gasteiger partial charge is 0.339 e. The number of anilines is 1. The molecule has 7 nitrogen and oxygen atoms in total. The molecule has 2 rings (SSSR count). The molecule has 1 aliphatic rings. The summed E-state index contributed by atoms with van der Waals surface area (Å²) in [6.45, 7) is 8.31. The monoisotopic (exact) mass is 385 g/mol. The number of carbonyl (C=O) groups is 1. The van der Waals surface area contributed by atoms with E-state index in [-0.39, 0.29) is 48.9 Å². The first-order valence-electron chi connectivity index (χ1n) is 8.42. The van der Waals surface area contributed by atoms with E-state index in [0.717, 1.165) is 0 Å². The number of aryl methyl sites for hydroxylation is 1. The first-order chi connectivity index (χ1) is 12.5. The van der Waals surface area contributed by atoms with Crippen LogP contribution in [0, 0.1) is 12.8 Å². The van der Waals surface area contributed by atoms with Crippen LogP contribution < -0.4 is 10.6 Å². The second-order valence-electron chi connectivity index (χ2n) is 6.48. The van der Waals surface area contributed by atoms with Crippen molar-refractivity contribution in [2.75, 3.05) is 18.1 Å². The van der Waals surface area contributed by atoms with Gasteiger partial charge in [0, 0.05) is 37.1 Å². The van der Waals surface area contributed by atoms with Gasteiger partial charge in [0.2, 0.25) is 5.95 Å². The Morgan fingerprint density at radius 2 is 1.96 bits per heavy atom. The summed E-state index contributed by atoms with van der Waals surface area (Å²) in [6, 6.07) is 1.31. The van der Waals surface area contributed by atoms with Crippen molar-refractivity contribution in [3.8, 4) is 0 Å². The van der Waals surface area contributed by atoms with Crippen molar-refractivity contribution in [1.29, 1.82) is 0 Å². The van der Waals surface area contributed by atoms with Crippen LogP contribution in [0.5, 0.6) is 0 Å². The van der Waals surface area contributed by atoms with Gasteiger partial charge in [-0.3, -0.25) is 14.6 Å². The molecule has 2 heterocycles. The molecule has 0 atom stereocenters. The molecule has 0 saturated carbocycles. The molecular weight excluding hydrogens is 363 g/mol. The third-order valence-electron chi connectivity index (χ3n) is 4.63. The van der Waals surface area contributed by atoms with Gasteiger partial charge in [-0.2, -0.15) is 18.3 Å². The van der Waals surface area contributed by atoms with Gasteiger partial charge in [-0.1, -0.05) is 0 Å². The average Bonchev–Trinajstić information content (AvgIpc) is 2.59. The van der Waals surface area contributed by atoms with Crippen LogP contribution in [0.4, 0.5) is 19.1 Å². The maximum Gasteiger partial charge on any atom is 0.391 e. The number of piperidine rings is 1. The summed E-state index contributed by atoms with van der Waals surface area (Å²) in [7, 11) is 0. The van der Waals surface area contributed by atoms with Crippen molar-refractivity contribution >= 4 is 18.6 Å². The summed E-state index contributed by atoms with van der Waals surface area (Å²) in [5.41, 5.74) is 0.754. The van der Waals surface area contributed by atoms with E-state index in [0.29, 0.717) is 11.4 Å². The molecule has 0 spiro atoms. The minimum absolute atomic E-state index is 0.0364. The third kappa shape index (κ3) is 4.75. The van der Waals surface area contributed by atoms with Gasteiger partial charge in [-0.05, 0) is 33.6 Å². The van der Waals surface area contributed by atoms with E-state index < -0.39 is 12.1 Å². The number of aromatic amines is 1. The zero-order valence-corrected chi connectivity index (χ0v) is 15.4. The highest BCUT2D eigenvalue weighted by molar-refractivity contribution is 5.94. The zero-order valence-electron chi connectivity index (χ0n) is 15.4. The summed E-state index contributed by atoms with van der Waals surface area (Å²) < 4.78 is 38.4.